The summed E-state index contributed by atoms with van der Waals surface area (Å²) in [5.41, 5.74) is 2.68. The smallest absolute Gasteiger partial charge is 0.325 e. The quantitative estimate of drug-likeness (QED) is 0.755. The number of likely N-dealkylation sites (tertiary alicyclic amines) is 1. The number of carboxylic acid groups (broad SMARTS) is 1. The molecule has 138 valence electrons. The highest BCUT2D eigenvalue weighted by Crippen LogP contribution is 2.18. The van der Waals surface area contributed by atoms with E-state index in [0.29, 0.717) is 31.6 Å². The van der Waals surface area contributed by atoms with Gasteiger partial charge in [-0.25, -0.2) is 4.79 Å². The fourth-order valence-electron chi connectivity index (χ4n) is 2.75. The largest absolute Gasteiger partial charge is 0.481 e. The second kappa shape index (κ2) is 9.39. The number of aliphatic carboxylic acids is 1. The van der Waals surface area contributed by atoms with Crippen molar-refractivity contribution in [2.45, 2.75) is 26.7 Å². The standard InChI is InChI=1S/C17H23N3O4.ClH/c1-11-4-3-5-14(12(11)2)18-17(24)19-15(21)10-20-8-6-13(7-9-20)16(22)23;/h3-5,13H,6-10H2,1-2H3,(H,22,23)(H2,18,19,21,24);1H. The van der Waals surface area contributed by atoms with Gasteiger partial charge in [0.1, 0.15) is 0 Å². The number of nitrogens with zero attached hydrogens (tertiary/aromatic N) is 1. The number of hydrogen-bond donors (Lipinski definition) is 3. The Balaban J connectivity index is 0.00000312. The second-order valence-corrected chi connectivity index (χ2v) is 6.14. The van der Waals surface area contributed by atoms with E-state index in [1.807, 2.05) is 30.9 Å². The van der Waals surface area contributed by atoms with Crippen LogP contribution in [0.4, 0.5) is 10.5 Å². The van der Waals surface area contributed by atoms with Gasteiger partial charge in [0.05, 0.1) is 12.5 Å². The number of anilines is 1. The Morgan fingerprint density at radius 2 is 1.84 bits per heavy atom. The first-order valence-electron chi connectivity index (χ1n) is 7.99. The number of rotatable bonds is 4. The van der Waals surface area contributed by atoms with Gasteiger partial charge < -0.3 is 10.4 Å². The zero-order valence-electron chi connectivity index (χ0n) is 14.4. The maximum atomic E-state index is 11.9. The summed E-state index contributed by atoms with van der Waals surface area (Å²) in [6.07, 6.45) is 1.05. The second-order valence-electron chi connectivity index (χ2n) is 6.14. The average molecular weight is 370 g/mol. The van der Waals surface area contributed by atoms with Crippen molar-refractivity contribution in [1.29, 1.82) is 0 Å². The summed E-state index contributed by atoms with van der Waals surface area (Å²) in [5.74, 6) is -1.52. The van der Waals surface area contributed by atoms with Crippen LogP contribution in [-0.4, -0.2) is 47.5 Å². The minimum absolute atomic E-state index is 0. The first-order valence-corrected chi connectivity index (χ1v) is 7.99. The molecule has 1 saturated heterocycles. The summed E-state index contributed by atoms with van der Waals surface area (Å²) < 4.78 is 0. The number of benzene rings is 1. The zero-order valence-corrected chi connectivity index (χ0v) is 15.2. The maximum absolute atomic E-state index is 11.9. The van der Waals surface area contributed by atoms with E-state index in [1.54, 1.807) is 6.07 Å². The van der Waals surface area contributed by atoms with Gasteiger partial charge in [0.15, 0.2) is 0 Å². The summed E-state index contributed by atoms with van der Waals surface area (Å²) in [5, 5.41) is 13.9. The first-order chi connectivity index (χ1) is 11.4. The van der Waals surface area contributed by atoms with Crippen molar-refractivity contribution in [3.05, 3.63) is 29.3 Å². The molecule has 0 radical (unpaired) electrons. The molecule has 2 rings (SSSR count). The van der Waals surface area contributed by atoms with Crippen LogP contribution < -0.4 is 10.6 Å². The van der Waals surface area contributed by atoms with Gasteiger partial charge in [0, 0.05) is 5.69 Å². The number of carbonyl (C=O) groups is 3. The molecule has 0 saturated carbocycles. The van der Waals surface area contributed by atoms with Gasteiger partial charge >= 0.3 is 12.0 Å². The molecule has 0 unspecified atom stereocenters. The van der Waals surface area contributed by atoms with E-state index in [0.717, 1.165) is 11.1 Å². The predicted molar refractivity (Wildman–Crippen MR) is 97.1 cm³/mol. The van der Waals surface area contributed by atoms with Crippen molar-refractivity contribution in [1.82, 2.24) is 10.2 Å². The SMILES string of the molecule is Cc1cccc(NC(=O)NC(=O)CN2CCC(C(=O)O)CC2)c1C.Cl. The van der Waals surface area contributed by atoms with Crippen LogP contribution in [0.25, 0.3) is 0 Å². The van der Waals surface area contributed by atoms with Crippen LogP contribution in [-0.2, 0) is 9.59 Å². The molecule has 8 heteroatoms. The van der Waals surface area contributed by atoms with Crippen molar-refractivity contribution in [3.8, 4) is 0 Å². The number of amides is 3. The van der Waals surface area contributed by atoms with Gasteiger partial charge in [0.2, 0.25) is 5.91 Å². The van der Waals surface area contributed by atoms with Crippen LogP contribution in [0.3, 0.4) is 0 Å². The molecule has 3 amide bonds. The monoisotopic (exact) mass is 369 g/mol. The molecule has 25 heavy (non-hydrogen) atoms. The van der Waals surface area contributed by atoms with Crippen molar-refractivity contribution >= 4 is 36.0 Å². The topological polar surface area (TPSA) is 98.7 Å². The van der Waals surface area contributed by atoms with Gasteiger partial charge in [0.25, 0.3) is 0 Å². The minimum atomic E-state index is -0.785. The molecule has 1 aromatic carbocycles. The third kappa shape index (κ3) is 6.03. The maximum Gasteiger partial charge on any atom is 0.325 e. The van der Waals surface area contributed by atoms with Gasteiger partial charge in [-0.05, 0) is 57.0 Å². The molecule has 1 heterocycles. The number of aryl methyl sites for hydroxylation is 1. The molecule has 7 nitrogen and oxygen atoms in total. The predicted octanol–water partition coefficient (Wildman–Crippen LogP) is 2.17. The van der Waals surface area contributed by atoms with Crippen LogP contribution in [0.2, 0.25) is 0 Å². The molecule has 3 N–H and O–H groups in total. The number of halogens is 1. The Morgan fingerprint density at radius 1 is 1.20 bits per heavy atom. The molecule has 0 aliphatic carbocycles. The van der Waals surface area contributed by atoms with Gasteiger partial charge in [-0.1, -0.05) is 12.1 Å². The van der Waals surface area contributed by atoms with E-state index in [4.69, 9.17) is 5.11 Å². The van der Waals surface area contributed by atoms with Crippen molar-refractivity contribution < 1.29 is 19.5 Å². The zero-order chi connectivity index (χ0) is 17.7. The summed E-state index contributed by atoms with van der Waals surface area (Å²) in [6, 6.07) is 5.01. The molecular formula is C17H24ClN3O4. The van der Waals surface area contributed by atoms with E-state index in [2.05, 4.69) is 10.6 Å². The number of carboxylic acids is 1. The summed E-state index contributed by atoms with van der Waals surface area (Å²) in [7, 11) is 0. The van der Waals surface area contributed by atoms with Gasteiger partial charge in [-0.15, -0.1) is 12.4 Å². The van der Waals surface area contributed by atoms with E-state index in [1.165, 1.54) is 0 Å². The van der Waals surface area contributed by atoms with Crippen molar-refractivity contribution in [2.24, 2.45) is 5.92 Å². The fourth-order valence-corrected chi connectivity index (χ4v) is 2.75. The number of carbonyl (C=O) groups excluding carboxylic acids is 2. The molecular weight excluding hydrogens is 346 g/mol. The first kappa shape index (κ1) is 20.9. The Morgan fingerprint density at radius 3 is 2.44 bits per heavy atom. The molecule has 1 aliphatic heterocycles. The summed E-state index contributed by atoms with van der Waals surface area (Å²) in [6.45, 7) is 5.03. The lowest BCUT2D eigenvalue weighted by molar-refractivity contribution is -0.143. The van der Waals surface area contributed by atoms with E-state index in [9.17, 15) is 14.4 Å². The van der Waals surface area contributed by atoms with Crippen LogP contribution in [0.1, 0.15) is 24.0 Å². The molecule has 0 spiro atoms. The highest BCUT2D eigenvalue weighted by atomic mass is 35.5. The number of imide groups is 1. The highest BCUT2D eigenvalue weighted by molar-refractivity contribution is 6.02. The summed E-state index contributed by atoms with van der Waals surface area (Å²) in [4.78, 5) is 36.6. The lowest BCUT2D eigenvalue weighted by atomic mass is 9.97. The van der Waals surface area contributed by atoms with E-state index >= 15 is 0 Å². The van der Waals surface area contributed by atoms with E-state index < -0.39 is 17.9 Å². The number of urea groups is 1. The molecule has 0 bridgehead atoms. The third-order valence-electron chi connectivity index (χ3n) is 4.41. The average Bonchev–Trinajstić information content (AvgIpc) is 2.52. The van der Waals surface area contributed by atoms with Crippen molar-refractivity contribution in [3.63, 3.8) is 0 Å². The molecule has 1 aromatic rings. The van der Waals surface area contributed by atoms with E-state index in [-0.39, 0.29) is 24.9 Å². The van der Waals surface area contributed by atoms with Crippen LogP contribution in [0.15, 0.2) is 18.2 Å². The Labute approximate surface area is 153 Å². The molecule has 0 aromatic heterocycles. The van der Waals surface area contributed by atoms with Crippen LogP contribution >= 0.6 is 12.4 Å². The van der Waals surface area contributed by atoms with Crippen LogP contribution in [0, 0.1) is 19.8 Å². The Bertz CT molecular complexity index is 643. The number of nitrogens with one attached hydrogen (secondary N) is 2. The number of hydrogen-bond acceptors (Lipinski definition) is 4. The minimum Gasteiger partial charge on any atom is -0.481 e. The highest BCUT2D eigenvalue weighted by Gasteiger charge is 2.25. The lowest BCUT2D eigenvalue weighted by Gasteiger charge is -2.29. The Hall–Kier alpha value is -2.12. The third-order valence-corrected chi connectivity index (χ3v) is 4.41. The van der Waals surface area contributed by atoms with Gasteiger partial charge in [-0.2, -0.15) is 0 Å². The lowest BCUT2D eigenvalue weighted by Crippen LogP contribution is -2.45. The fraction of sp³-hybridized carbons (Fsp3) is 0.471. The number of piperidine rings is 1. The van der Waals surface area contributed by atoms with Crippen LogP contribution in [0.5, 0.6) is 0 Å². The van der Waals surface area contributed by atoms with Gasteiger partial charge in [-0.3, -0.25) is 19.8 Å². The normalized spacial score (nSPS) is 15.1. The summed E-state index contributed by atoms with van der Waals surface area (Å²) >= 11 is 0. The van der Waals surface area contributed by atoms with Crippen molar-refractivity contribution in [2.75, 3.05) is 25.0 Å². The molecule has 1 fully saturated rings. The Kier molecular flexibility index (Phi) is 7.86. The molecule has 0 atom stereocenters. The molecule has 1 aliphatic rings.